The number of H-pyrrole nitrogens is 1. The quantitative estimate of drug-likeness (QED) is 0.498. The molecule has 11 heteroatoms. The minimum atomic E-state index is -2.99. The Morgan fingerprint density at radius 1 is 1.35 bits per heavy atom. The summed E-state index contributed by atoms with van der Waals surface area (Å²) in [7, 11) is 1.32. The van der Waals surface area contributed by atoms with E-state index in [1.807, 2.05) is 0 Å². The molecule has 1 N–H and O–H groups in total. The number of carbonyl (C=O) groups excluding carboxylic acids is 1. The van der Waals surface area contributed by atoms with Gasteiger partial charge in [-0.2, -0.15) is 8.78 Å². The number of carbonyl (C=O) groups is 1. The number of aryl methyl sites for hydroxylation is 1. The number of esters is 1. The summed E-state index contributed by atoms with van der Waals surface area (Å²) in [5, 5.41) is 0.378. The van der Waals surface area contributed by atoms with Crippen LogP contribution in [0.4, 0.5) is 8.78 Å². The van der Waals surface area contributed by atoms with Gasteiger partial charge in [0.1, 0.15) is 9.71 Å². The van der Waals surface area contributed by atoms with Gasteiger partial charge in [0.05, 0.1) is 24.1 Å². The molecule has 0 amide bonds. The molecule has 3 rings (SSSR count). The topological polar surface area (TPSA) is 90.5 Å². The Morgan fingerprint density at radius 3 is 2.74 bits per heavy atom. The number of hydrogen-bond acceptors (Lipinski definition) is 7. The lowest BCUT2D eigenvalue weighted by molar-refractivity contribution is -0.0512. The van der Waals surface area contributed by atoms with E-state index in [4.69, 9.17) is 21.1 Å². The Morgan fingerprint density at radius 2 is 2.10 bits per heavy atom. The first kappa shape index (κ1) is 22.7. The largest absolute Gasteiger partial charge is 0.493 e. The van der Waals surface area contributed by atoms with Crippen molar-refractivity contribution in [1.82, 2.24) is 9.97 Å². The number of nitrogens with zero attached hydrogens (tertiary/aromatic N) is 1. The van der Waals surface area contributed by atoms with Crippen molar-refractivity contribution in [3.8, 4) is 11.5 Å². The van der Waals surface area contributed by atoms with Gasteiger partial charge in [0.25, 0.3) is 5.56 Å². The van der Waals surface area contributed by atoms with Gasteiger partial charge in [0.2, 0.25) is 0 Å². The number of alkyl halides is 2. The molecular formula is C20H17ClF2N2O5S. The molecule has 0 unspecified atom stereocenters. The molecule has 0 saturated heterocycles. The lowest BCUT2D eigenvalue weighted by atomic mass is 10.2. The molecule has 164 valence electrons. The van der Waals surface area contributed by atoms with Crippen LogP contribution in [-0.4, -0.2) is 36.3 Å². The number of thiophene rings is 1. The summed E-state index contributed by atoms with van der Waals surface area (Å²) in [6, 6.07) is 4.26. The SMILES string of the molecule is CCOC(=O)c1sc2nc(/C(Cl)=C/c3ccc(OC(F)F)c(OC)c3)[nH]c(=O)c2c1C. The maximum absolute atomic E-state index is 12.6. The molecule has 31 heavy (non-hydrogen) atoms. The molecule has 2 aromatic heterocycles. The predicted octanol–water partition coefficient (Wildman–Crippen LogP) is 4.82. The molecule has 0 bridgehead atoms. The third-order valence-electron chi connectivity index (χ3n) is 4.18. The highest BCUT2D eigenvalue weighted by atomic mass is 35.5. The fourth-order valence-electron chi connectivity index (χ4n) is 2.83. The number of aromatic nitrogens is 2. The number of nitrogens with one attached hydrogen (secondary N) is 1. The van der Waals surface area contributed by atoms with Gasteiger partial charge >= 0.3 is 12.6 Å². The van der Waals surface area contributed by atoms with Crippen LogP contribution in [-0.2, 0) is 4.74 Å². The Bertz CT molecular complexity index is 1220. The fourth-order valence-corrected chi connectivity index (χ4v) is 4.12. The third-order valence-corrected chi connectivity index (χ3v) is 5.64. The average molecular weight is 471 g/mol. The number of methoxy groups -OCH3 is 1. The Kier molecular flexibility index (Phi) is 6.91. The maximum Gasteiger partial charge on any atom is 0.387 e. The molecule has 0 spiro atoms. The summed E-state index contributed by atoms with van der Waals surface area (Å²) in [4.78, 5) is 32.3. The molecule has 0 aliphatic heterocycles. The number of halogens is 3. The van der Waals surface area contributed by atoms with Crippen LogP contribution in [0.1, 0.15) is 33.5 Å². The second-order valence-corrected chi connectivity index (χ2v) is 7.56. The summed E-state index contributed by atoms with van der Waals surface area (Å²) in [5.41, 5.74) is 0.535. The molecule has 0 radical (unpaired) electrons. The normalized spacial score (nSPS) is 11.8. The summed E-state index contributed by atoms with van der Waals surface area (Å²) in [6.45, 7) is 0.554. The number of aromatic amines is 1. The van der Waals surface area contributed by atoms with Crippen LogP contribution in [0.2, 0.25) is 0 Å². The van der Waals surface area contributed by atoms with Gasteiger partial charge in [-0.15, -0.1) is 11.3 Å². The molecule has 0 aliphatic rings. The van der Waals surface area contributed by atoms with Gasteiger partial charge in [0, 0.05) is 0 Å². The molecule has 0 fully saturated rings. The van der Waals surface area contributed by atoms with E-state index in [9.17, 15) is 18.4 Å². The number of ether oxygens (including phenoxy) is 3. The smallest absolute Gasteiger partial charge is 0.387 e. The van der Waals surface area contributed by atoms with E-state index >= 15 is 0 Å². The van der Waals surface area contributed by atoms with Crippen LogP contribution < -0.4 is 15.0 Å². The zero-order chi connectivity index (χ0) is 22.7. The number of hydrogen-bond donors (Lipinski definition) is 1. The maximum atomic E-state index is 12.6. The standard InChI is InChI=1S/C20H17ClF2N2O5S/c1-4-29-19(27)15-9(2)14-17(26)24-16(25-18(14)31-15)11(21)7-10-5-6-12(30-20(22)23)13(8-10)28-3/h5-8,20H,4H2,1-3H3,(H,24,25,26)/b11-7-. The van der Waals surface area contributed by atoms with E-state index in [1.165, 1.54) is 31.4 Å². The van der Waals surface area contributed by atoms with Crippen molar-refractivity contribution in [3.63, 3.8) is 0 Å². The lowest BCUT2D eigenvalue weighted by Crippen LogP contribution is -2.11. The van der Waals surface area contributed by atoms with Gasteiger partial charge in [-0.3, -0.25) is 4.79 Å². The first-order valence-electron chi connectivity index (χ1n) is 8.96. The van der Waals surface area contributed by atoms with Gasteiger partial charge in [0.15, 0.2) is 17.3 Å². The molecular weight excluding hydrogens is 454 g/mol. The highest BCUT2D eigenvalue weighted by Crippen LogP contribution is 2.32. The number of rotatable bonds is 7. The molecule has 0 aliphatic carbocycles. The lowest BCUT2D eigenvalue weighted by Gasteiger charge is -2.10. The van der Waals surface area contributed by atoms with Crippen molar-refractivity contribution in [1.29, 1.82) is 0 Å². The van der Waals surface area contributed by atoms with Crippen LogP contribution in [0.25, 0.3) is 21.3 Å². The Balaban J connectivity index is 2.00. The van der Waals surface area contributed by atoms with E-state index in [0.29, 0.717) is 20.8 Å². The minimum absolute atomic E-state index is 0.0858. The molecule has 0 atom stereocenters. The fraction of sp³-hybridized carbons (Fsp3) is 0.250. The monoisotopic (exact) mass is 470 g/mol. The third kappa shape index (κ3) is 4.86. The van der Waals surface area contributed by atoms with Gasteiger partial charge in [-0.1, -0.05) is 17.7 Å². The highest BCUT2D eigenvalue weighted by Gasteiger charge is 2.20. The molecule has 1 aromatic carbocycles. The first-order chi connectivity index (χ1) is 14.7. The van der Waals surface area contributed by atoms with E-state index < -0.39 is 18.1 Å². The van der Waals surface area contributed by atoms with E-state index in [-0.39, 0.29) is 34.3 Å². The Labute approximate surface area is 184 Å². The number of fused-ring (bicyclic) bond motifs is 1. The van der Waals surface area contributed by atoms with Gasteiger partial charge in [-0.25, -0.2) is 9.78 Å². The molecule has 2 heterocycles. The van der Waals surface area contributed by atoms with Crippen LogP contribution in [0.3, 0.4) is 0 Å². The van der Waals surface area contributed by atoms with Crippen LogP contribution in [0, 0.1) is 6.92 Å². The second kappa shape index (κ2) is 9.44. The van der Waals surface area contributed by atoms with Crippen molar-refractivity contribution in [3.05, 3.63) is 50.4 Å². The van der Waals surface area contributed by atoms with E-state index in [0.717, 1.165) is 11.3 Å². The second-order valence-electron chi connectivity index (χ2n) is 6.15. The Hall–Kier alpha value is -2.98. The van der Waals surface area contributed by atoms with Gasteiger partial charge in [-0.05, 0) is 43.2 Å². The highest BCUT2D eigenvalue weighted by molar-refractivity contribution is 7.20. The zero-order valence-corrected chi connectivity index (χ0v) is 18.2. The zero-order valence-electron chi connectivity index (χ0n) is 16.6. The number of benzene rings is 1. The van der Waals surface area contributed by atoms with Crippen molar-refractivity contribution in [2.24, 2.45) is 0 Å². The predicted molar refractivity (Wildman–Crippen MR) is 114 cm³/mol. The first-order valence-corrected chi connectivity index (χ1v) is 10.2. The van der Waals surface area contributed by atoms with Gasteiger partial charge < -0.3 is 19.2 Å². The van der Waals surface area contributed by atoms with Crippen LogP contribution in [0.5, 0.6) is 11.5 Å². The average Bonchev–Trinajstić information content (AvgIpc) is 3.06. The van der Waals surface area contributed by atoms with Crippen LogP contribution >= 0.6 is 22.9 Å². The van der Waals surface area contributed by atoms with Crippen molar-refractivity contribution in [2.45, 2.75) is 20.5 Å². The van der Waals surface area contributed by atoms with E-state index in [1.54, 1.807) is 13.8 Å². The molecule has 7 nitrogen and oxygen atoms in total. The summed E-state index contributed by atoms with van der Waals surface area (Å²) in [6.07, 6.45) is 1.48. The molecule has 3 aromatic rings. The van der Waals surface area contributed by atoms with Crippen LogP contribution in [0.15, 0.2) is 23.0 Å². The van der Waals surface area contributed by atoms with E-state index in [2.05, 4.69) is 14.7 Å². The van der Waals surface area contributed by atoms with Crippen molar-refractivity contribution < 1.29 is 27.8 Å². The van der Waals surface area contributed by atoms with Crippen molar-refractivity contribution in [2.75, 3.05) is 13.7 Å². The summed E-state index contributed by atoms with van der Waals surface area (Å²) >= 11 is 7.38. The summed E-state index contributed by atoms with van der Waals surface area (Å²) < 4.78 is 39.4. The molecule has 0 saturated carbocycles. The minimum Gasteiger partial charge on any atom is -0.493 e. The van der Waals surface area contributed by atoms with Crippen molar-refractivity contribution >= 4 is 50.2 Å². The summed E-state index contributed by atoms with van der Waals surface area (Å²) in [5.74, 6) is -0.478.